The summed E-state index contributed by atoms with van der Waals surface area (Å²) in [6, 6.07) is 30.6. The maximum Gasteiger partial charge on any atom is 0.410 e. The molecule has 2 amide bonds. The molecule has 4 aromatic carbocycles. The largest absolute Gasteiger partial charge is 0.491 e. The summed E-state index contributed by atoms with van der Waals surface area (Å²) in [4.78, 5) is 30.3. The lowest BCUT2D eigenvalue weighted by molar-refractivity contribution is 0.0204. The molecule has 0 radical (unpaired) electrons. The molecule has 0 aromatic heterocycles. The minimum atomic E-state index is -0.481. The van der Waals surface area contributed by atoms with Crippen molar-refractivity contribution in [3.63, 3.8) is 0 Å². The van der Waals surface area contributed by atoms with Crippen LogP contribution in [-0.4, -0.2) is 53.1 Å². The van der Waals surface area contributed by atoms with Crippen LogP contribution < -0.4 is 4.74 Å². The molecule has 2 aliphatic rings. The van der Waals surface area contributed by atoms with Crippen LogP contribution in [0.5, 0.6) is 5.75 Å². The summed E-state index contributed by atoms with van der Waals surface area (Å²) in [7, 11) is 0. The number of amides is 2. The second-order valence-corrected chi connectivity index (χ2v) is 12.7. The minimum Gasteiger partial charge on any atom is -0.491 e. The Labute approximate surface area is 254 Å². The van der Waals surface area contributed by atoms with Crippen molar-refractivity contribution in [2.24, 2.45) is 0 Å². The van der Waals surface area contributed by atoms with Gasteiger partial charge in [-0.25, -0.2) is 4.79 Å². The van der Waals surface area contributed by atoms with Crippen molar-refractivity contribution in [2.75, 3.05) is 19.7 Å². The van der Waals surface area contributed by atoms with Gasteiger partial charge in [0, 0.05) is 25.2 Å². The summed E-state index contributed by atoms with van der Waals surface area (Å²) < 4.78 is 11.9. The first-order valence-corrected chi connectivity index (χ1v) is 15.3. The van der Waals surface area contributed by atoms with Crippen molar-refractivity contribution in [2.45, 2.75) is 64.1 Å². The van der Waals surface area contributed by atoms with Gasteiger partial charge in [-0.05, 0) is 91.6 Å². The van der Waals surface area contributed by atoms with Crippen molar-refractivity contribution in [3.8, 4) is 5.75 Å². The van der Waals surface area contributed by atoms with Gasteiger partial charge in [0.1, 0.15) is 18.0 Å². The van der Waals surface area contributed by atoms with E-state index >= 15 is 0 Å². The standard InChI is InChI=1S/C37H40N2O4/c1-37(2,3)43-36(41)38-21-19-27(20-22-38)26-15-17-32(18-16-26)42-25-31-23-29-10-4-5-11-30(29)24-39(31)35(40)34-14-8-12-28-9-6-7-13-33(28)34/h4-18,27,31H,19-25H2,1-3H3. The van der Waals surface area contributed by atoms with Crippen molar-refractivity contribution in [1.29, 1.82) is 0 Å². The molecular formula is C37H40N2O4. The number of hydrogen-bond donors (Lipinski definition) is 0. The Bertz CT molecular complexity index is 1590. The number of rotatable bonds is 5. The van der Waals surface area contributed by atoms with Gasteiger partial charge >= 0.3 is 6.09 Å². The van der Waals surface area contributed by atoms with Crippen LogP contribution in [0.1, 0.15) is 66.6 Å². The lowest BCUT2D eigenvalue weighted by atomic mass is 9.89. The molecule has 222 valence electrons. The van der Waals surface area contributed by atoms with Crippen molar-refractivity contribution in [3.05, 3.63) is 113 Å². The SMILES string of the molecule is CC(C)(C)OC(=O)N1CCC(c2ccc(OCC3Cc4ccccc4CN3C(=O)c3cccc4ccccc34)cc2)CC1. The molecule has 4 aromatic rings. The Balaban J connectivity index is 1.12. The molecule has 1 saturated heterocycles. The van der Waals surface area contributed by atoms with Gasteiger partial charge in [0.15, 0.2) is 0 Å². The highest BCUT2D eigenvalue weighted by molar-refractivity contribution is 6.07. The van der Waals surface area contributed by atoms with E-state index in [0.29, 0.717) is 32.2 Å². The van der Waals surface area contributed by atoms with Gasteiger partial charge in [-0.15, -0.1) is 0 Å². The number of ether oxygens (including phenoxy) is 2. The van der Waals surface area contributed by atoms with Crippen LogP contribution in [0, 0.1) is 0 Å². The summed E-state index contributed by atoms with van der Waals surface area (Å²) in [5.41, 5.74) is 3.96. The quantitative estimate of drug-likeness (QED) is 0.246. The second kappa shape index (κ2) is 12.1. The molecular weight excluding hydrogens is 536 g/mol. The van der Waals surface area contributed by atoms with E-state index in [1.807, 2.05) is 91.2 Å². The fourth-order valence-electron chi connectivity index (χ4n) is 6.29. The molecule has 1 fully saturated rings. The molecule has 6 nitrogen and oxygen atoms in total. The summed E-state index contributed by atoms with van der Waals surface area (Å²) in [5.74, 6) is 1.23. The monoisotopic (exact) mass is 576 g/mol. The third-order valence-corrected chi connectivity index (χ3v) is 8.58. The van der Waals surface area contributed by atoms with Gasteiger partial charge in [0.2, 0.25) is 0 Å². The summed E-state index contributed by atoms with van der Waals surface area (Å²) in [5, 5.41) is 2.04. The Morgan fingerprint density at radius 2 is 1.49 bits per heavy atom. The lowest BCUT2D eigenvalue weighted by Crippen LogP contribution is -2.47. The van der Waals surface area contributed by atoms with Crippen molar-refractivity contribution >= 4 is 22.8 Å². The summed E-state index contributed by atoms with van der Waals surface area (Å²) >= 11 is 0. The Hall–Kier alpha value is -4.32. The van der Waals surface area contributed by atoms with E-state index < -0.39 is 5.60 Å². The highest BCUT2D eigenvalue weighted by Gasteiger charge is 2.32. The predicted molar refractivity (Wildman–Crippen MR) is 169 cm³/mol. The van der Waals surface area contributed by atoms with Crippen molar-refractivity contribution < 1.29 is 19.1 Å². The summed E-state index contributed by atoms with van der Waals surface area (Å²) in [6.45, 7) is 8.06. The average molecular weight is 577 g/mol. The molecule has 0 bridgehead atoms. The molecule has 0 saturated carbocycles. The molecule has 2 heterocycles. The topological polar surface area (TPSA) is 59.1 Å². The molecule has 43 heavy (non-hydrogen) atoms. The minimum absolute atomic E-state index is 0.0352. The third-order valence-electron chi connectivity index (χ3n) is 8.58. The smallest absolute Gasteiger partial charge is 0.410 e. The van der Waals surface area contributed by atoms with E-state index in [-0.39, 0.29) is 18.0 Å². The van der Waals surface area contributed by atoms with Crippen LogP contribution >= 0.6 is 0 Å². The third kappa shape index (κ3) is 6.53. The first-order valence-electron chi connectivity index (χ1n) is 15.3. The van der Waals surface area contributed by atoms with Gasteiger partial charge in [0.25, 0.3) is 5.91 Å². The maximum absolute atomic E-state index is 14.0. The average Bonchev–Trinajstić information content (AvgIpc) is 3.02. The van der Waals surface area contributed by atoms with E-state index in [0.717, 1.165) is 41.3 Å². The first kappa shape index (κ1) is 28.8. The number of benzene rings is 4. The molecule has 0 aliphatic carbocycles. The van der Waals surface area contributed by atoms with Crippen LogP contribution in [0.15, 0.2) is 91.0 Å². The molecule has 6 rings (SSSR count). The number of carbonyl (C=O) groups is 2. The van der Waals surface area contributed by atoms with E-state index in [4.69, 9.17) is 9.47 Å². The van der Waals surface area contributed by atoms with E-state index in [1.54, 1.807) is 0 Å². The maximum atomic E-state index is 14.0. The van der Waals surface area contributed by atoms with Gasteiger partial charge in [0.05, 0.1) is 6.04 Å². The zero-order chi connectivity index (χ0) is 30.0. The molecule has 6 heteroatoms. The predicted octanol–water partition coefficient (Wildman–Crippen LogP) is 7.60. The fourth-order valence-corrected chi connectivity index (χ4v) is 6.29. The van der Waals surface area contributed by atoms with Crippen LogP contribution in [0.2, 0.25) is 0 Å². The number of hydrogen-bond acceptors (Lipinski definition) is 4. The molecule has 0 spiro atoms. The number of likely N-dealkylation sites (tertiary alicyclic amines) is 1. The lowest BCUT2D eigenvalue weighted by Gasteiger charge is -2.37. The molecule has 0 N–H and O–H groups in total. The number of carbonyl (C=O) groups excluding carboxylic acids is 2. The Morgan fingerprint density at radius 1 is 0.814 bits per heavy atom. The number of piperidine rings is 1. The molecule has 1 atom stereocenters. The van der Waals surface area contributed by atoms with E-state index in [9.17, 15) is 9.59 Å². The highest BCUT2D eigenvalue weighted by Crippen LogP contribution is 2.31. The second-order valence-electron chi connectivity index (χ2n) is 12.7. The number of fused-ring (bicyclic) bond motifs is 2. The first-order chi connectivity index (χ1) is 20.7. The highest BCUT2D eigenvalue weighted by atomic mass is 16.6. The van der Waals surface area contributed by atoms with Gasteiger partial charge < -0.3 is 19.3 Å². The van der Waals surface area contributed by atoms with Crippen LogP contribution in [-0.2, 0) is 17.7 Å². The van der Waals surface area contributed by atoms with Gasteiger partial charge in [-0.3, -0.25) is 4.79 Å². The van der Waals surface area contributed by atoms with Crippen LogP contribution in [0.3, 0.4) is 0 Å². The Morgan fingerprint density at radius 3 is 2.23 bits per heavy atom. The molecule has 1 unspecified atom stereocenters. The van der Waals surface area contributed by atoms with Gasteiger partial charge in [-0.2, -0.15) is 0 Å². The van der Waals surface area contributed by atoms with Crippen LogP contribution in [0.4, 0.5) is 4.79 Å². The fraction of sp³-hybridized carbons (Fsp3) is 0.351. The zero-order valence-electron chi connectivity index (χ0n) is 25.3. The Kier molecular flexibility index (Phi) is 8.11. The van der Waals surface area contributed by atoms with Crippen molar-refractivity contribution in [1.82, 2.24) is 9.80 Å². The normalized spacial score (nSPS) is 17.4. The van der Waals surface area contributed by atoms with Crippen LogP contribution in [0.25, 0.3) is 10.8 Å². The van der Waals surface area contributed by atoms with E-state index in [1.165, 1.54) is 16.7 Å². The molecule has 2 aliphatic heterocycles. The zero-order valence-corrected chi connectivity index (χ0v) is 25.3. The summed E-state index contributed by atoms with van der Waals surface area (Å²) in [6.07, 6.45) is 2.34. The number of nitrogens with zero attached hydrogens (tertiary/aromatic N) is 2. The van der Waals surface area contributed by atoms with E-state index in [2.05, 4.69) is 30.3 Å². The van der Waals surface area contributed by atoms with Gasteiger partial charge in [-0.1, -0.05) is 72.8 Å².